The quantitative estimate of drug-likeness (QED) is 0.806. The molecule has 1 atom stereocenters. The summed E-state index contributed by atoms with van der Waals surface area (Å²) in [6, 6.07) is 11.5. The molecule has 0 saturated carbocycles. The molecule has 0 aliphatic rings. The lowest BCUT2D eigenvalue weighted by atomic mass is 10.1. The monoisotopic (exact) mass is 399 g/mol. The van der Waals surface area contributed by atoms with Gasteiger partial charge in [-0.2, -0.15) is 0 Å². The van der Waals surface area contributed by atoms with Gasteiger partial charge in [0.2, 0.25) is 10.0 Å². The zero-order valence-electron chi connectivity index (χ0n) is 13.0. The highest BCUT2D eigenvalue weighted by Gasteiger charge is 2.19. The zero-order chi connectivity index (χ0) is 17.0. The van der Waals surface area contributed by atoms with Crippen LogP contribution in [-0.4, -0.2) is 22.6 Å². The van der Waals surface area contributed by atoms with Gasteiger partial charge in [-0.1, -0.05) is 12.1 Å². The van der Waals surface area contributed by atoms with Gasteiger partial charge in [-0.05, 0) is 58.7 Å². The van der Waals surface area contributed by atoms with E-state index in [4.69, 9.17) is 9.47 Å². The molecule has 0 spiro atoms. The number of hydrogen-bond acceptors (Lipinski definition) is 4. The molecule has 7 heteroatoms. The van der Waals surface area contributed by atoms with E-state index >= 15 is 0 Å². The normalized spacial score (nSPS) is 12.7. The number of sulfonamides is 1. The number of methoxy groups -OCH3 is 2. The van der Waals surface area contributed by atoms with E-state index in [1.54, 1.807) is 32.2 Å². The highest BCUT2D eigenvalue weighted by Crippen LogP contribution is 2.28. The van der Waals surface area contributed by atoms with Crippen molar-refractivity contribution in [2.45, 2.75) is 17.9 Å². The van der Waals surface area contributed by atoms with Crippen LogP contribution in [-0.2, 0) is 10.0 Å². The summed E-state index contributed by atoms with van der Waals surface area (Å²) in [6.45, 7) is 1.79. The predicted octanol–water partition coefficient (Wildman–Crippen LogP) is 3.51. The van der Waals surface area contributed by atoms with Crippen molar-refractivity contribution in [3.8, 4) is 11.5 Å². The molecule has 124 valence electrons. The highest BCUT2D eigenvalue weighted by atomic mass is 79.9. The molecule has 0 fully saturated rings. The van der Waals surface area contributed by atoms with Crippen LogP contribution in [0.15, 0.2) is 51.8 Å². The minimum atomic E-state index is -3.64. The number of halogens is 1. The van der Waals surface area contributed by atoms with Gasteiger partial charge in [0.25, 0.3) is 0 Å². The third kappa shape index (κ3) is 4.25. The lowest BCUT2D eigenvalue weighted by molar-refractivity contribution is 0.411. The average Bonchev–Trinajstić information content (AvgIpc) is 2.54. The predicted molar refractivity (Wildman–Crippen MR) is 92.4 cm³/mol. The van der Waals surface area contributed by atoms with Crippen LogP contribution < -0.4 is 14.2 Å². The second-order valence-electron chi connectivity index (χ2n) is 4.91. The van der Waals surface area contributed by atoms with Crippen molar-refractivity contribution in [1.29, 1.82) is 0 Å². The molecule has 0 heterocycles. The maximum absolute atomic E-state index is 12.5. The molecule has 0 aliphatic carbocycles. The van der Waals surface area contributed by atoms with E-state index < -0.39 is 10.0 Å². The molecule has 5 nitrogen and oxygen atoms in total. The highest BCUT2D eigenvalue weighted by molar-refractivity contribution is 9.10. The number of hydrogen-bond donors (Lipinski definition) is 1. The lowest BCUT2D eigenvalue weighted by Crippen LogP contribution is -2.26. The maximum atomic E-state index is 12.5. The molecule has 0 bridgehead atoms. The summed E-state index contributed by atoms with van der Waals surface area (Å²) in [6.07, 6.45) is 0. The van der Waals surface area contributed by atoms with Crippen LogP contribution in [0, 0.1) is 0 Å². The molecule has 1 N–H and O–H groups in total. The van der Waals surface area contributed by atoms with Crippen LogP contribution in [0.1, 0.15) is 18.5 Å². The Morgan fingerprint density at radius 1 is 1.04 bits per heavy atom. The SMILES string of the molecule is COc1ccc([C@@H](C)NS(=O)(=O)c2ccc(OC)c(Br)c2)cc1. The Morgan fingerprint density at radius 2 is 1.70 bits per heavy atom. The topological polar surface area (TPSA) is 64.6 Å². The molecule has 0 radical (unpaired) electrons. The molecule has 23 heavy (non-hydrogen) atoms. The zero-order valence-corrected chi connectivity index (χ0v) is 15.4. The first-order chi connectivity index (χ1) is 10.9. The summed E-state index contributed by atoms with van der Waals surface area (Å²) < 4.78 is 38.4. The van der Waals surface area contributed by atoms with Crippen LogP contribution in [0.3, 0.4) is 0 Å². The molecular weight excluding hydrogens is 382 g/mol. The third-order valence-electron chi connectivity index (χ3n) is 3.38. The minimum Gasteiger partial charge on any atom is -0.497 e. The molecule has 2 aromatic carbocycles. The van der Waals surface area contributed by atoms with Gasteiger partial charge in [0.1, 0.15) is 11.5 Å². The molecule has 0 aromatic heterocycles. The Kier molecular flexibility index (Phi) is 5.67. The van der Waals surface area contributed by atoms with E-state index in [2.05, 4.69) is 20.7 Å². The van der Waals surface area contributed by atoms with Crippen molar-refractivity contribution < 1.29 is 17.9 Å². The summed E-state index contributed by atoms with van der Waals surface area (Å²) in [4.78, 5) is 0.172. The van der Waals surface area contributed by atoms with Crippen molar-refractivity contribution in [3.05, 3.63) is 52.5 Å². The fraction of sp³-hybridized carbons (Fsp3) is 0.250. The Morgan fingerprint density at radius 3 is 2.22 bits per heavy atom. The minimum absolute atomic E-state index is 0.172. The molecule has 2 rings (SSSR count). The van der Waals surface area contributed by atoms with E-state index in [0.29, 0.717) is 10.2 Å². The van der Waals surface area contributed by atoms with Gasteiger partial charge in [-0.25, -0.2) is 13.1 Å². The first kappa shape index (κ1) is 17.8. The van der Waals surface area contributed by atoms with Crippen molar-refractivity contribution in [2.75, 3.05) is 14.2 Å². The third-order valence-corrected chi connectivity index (χ3v) is 5.54. The van der Waals surface area contributed by atoms with Gasteiger partial charge in [-0.15, -0.1) is 0 Å². The number of nitrogens with one attached hydrogen (secondary N) is 1. The van der Waals surface area contributed by atoms with Crippen LogP contribution in [0.25, 0.3) is 0 Å². The number of rotatable bonds is 6. The van der Waals surface area contributed by atoms with Crippen molar-refractivity contribution in [2.24, 2.45) is 0 Å². The van der Waals surface area contributed by atoms with Crippen LogP contribution >= 0.6 is 15.9 Å². The lowest BCUT2D eigenvalue weighted by Gasteiger charge is -2.15. The van der Waals surface area contributed by atoms with Crippen molar-refractivity contribution >= 4 is 26.0 Å². The summed E-state index contributed by atoms with van der Waals surface area (Å²) in [5, 5.41) is 0. The number of benzene rings is 2. The van der Waals surface area contributed by atoms with Gasteiger partial charge in [0.15, 0.2) is 0 Å². The summed E-state index contributed by atoms with van der Waals surface area (Å²) in [5.74, 6) is 1.30. The molecule has 0 saturated heterocycles. The first-order valence-corrected chi connectivity index (χ1v) is 9.15. The standard InChI is InChI=1S/C16H18BrNO4S/c1-11(12-4-6-13(21-2)7-5-12)18-23(19,20)14-8-9-16(22-3)15(17)10-14/h4-11,18H,1-3H3/t11-/m1/s1. The van der Waals surface area contributed by atoms with Gasteiger partial charge in [-0.3, -0.25) is 0 Å². The summed E-state index contributed by atoms with van der Waals surface area (Å²) in [5.41, 5.74) is 0.849. The Bertz CT molecular complexity index is 775. The van der Waals surface area contributed by atoms with E-state index in [1.165, 1.54) is 19.2 Å². The van der Waals surface area contributed by atoms with Gasteiger partial charge >= 0.3 is 0 Å². The van der Waals surface area contributed by atoms with Crippen molar-refractivity contribution in [3.63, 3.8) is 0 Å². The second kappa shape index (κ2) is 7.33. The van der Waals surface area contributed by atoms with Gasteiger partial charge < -0.3 is 9.47 Å². The fourth-order valence-electron chi connectivity index (χ4n) is 2.08. The molecule has 0 amide bonds. The Labute approximate surface area is 144 Å². The van der Waals surface area contributed by atoms with Crippen LogP contribution in [0.2, 0.25) is 0 Å². The van der Waals surface area contributed by atoms with Gasteiger partial charge in [0.05, 0.1) is 23.6 Å². The maximum Gasteiger partial charge on any atom is 0.241 e. The Hall–Kier alpha value is -1.57. The fourth-order valence-corrected chi connectivity index (χ4v) is 4.03. The molecule has 0 unspecified atom stereocenters. The van der Waals surface area contributed by atoms with Gasteiger partial charge in [0, 0.05) is 6.04 Å². The molecular formula is C16H18BrNO4S. The second-order valence-corrected chi connectivity index (χ2v) is 7.48. The van der Waals surface area contributed by atoms with E-state index in [9.17, 15) is 8.42 Å². The number of ether oxygens (including phenoxy) is 2. The average molecular weight is 400 g/mol. The Balaban J connectivity index is 2.21. The van der Waals surface area contributed by atoms with Crippen molar-refractivity contribution in [1.82, 2.24) is 4.72 Å². The van der Waals surface area contributed by atoms with Crippen LogP contribution in [0.5, 0.6) is 11.5 Å². The van der Waals surface area contributed by atoms with E-state index in [1.807, 2.05) is 12.1 Å². The van der Waals surface area contributed by atoms with E-state index in [-0.39, 0.29) is 10.9 Å². The first-order valence-electron chi connectivity index (χ1n) is 6.87. The summed E-state index contributed by atoms with van der Waals surface area (Å²) >= 11 is 3.30. The largest absolute Gasteiger partial charge is 0.497 e. The molecule has 2 aromatic rings. The smallest absolute Gasteiger partial charge is 0.241 e. The summed E-state index contributed by atoms with van der Waals surface area (Å²) in [7, 11) is -0.526. The van der Waals surface area contributed by atoms with E-state index in [0.717, 1.165) is 11.3 Å². The molecule has 0 aliphatic heterocycles. The van der Waals surface area contributed by atoms with Crippen LogP contribution in [0.4, 0.5) is 0 Å².